The summed E-state index contributed by atoms with van der Waals surface area (Å²) < 4.78 is 46.7. The summed E-state index contributed by atoms with van der Waals surface area (Å²) in [4.78, 5) is 11.3. The minimum absolute atomic E-state index is 0.0101. The second-order valence-corrected chi connectivity index (χ2v) is 9.47. The number of rotatable bonds is 5. The maximum Gasteiger partial charge on any atom is 0.416 e. The number of nitrogens with zero attached hydrogens (tertiary/aromatic N) is 5. The Labute approximate surface area is 188 Å². The maximum atomic E-state index is 13.3. The van der Waals surface area contributed by atoms with Crippen LogP contribution in [0.25, 0.3) is 16.7 Å². The van der Waals surface area contributed by atoms with Crippen LogP contribution in [0.1, 0.15) is 32.3 Å². The van der Waals surface area contributed by atoms with Gasteiger partial charge in [0.1, 0.15) is 5.82 Å². The summed E-state index contributed by atoms with van der Waals surface area (Å²) in [5.74, 6) is 0.985. The topological polar surface area (TPSA) is 88.3 Å². The van der Waals surface area contributed by atoms with Crippen LogP contribution in [-0.2, 0) is 10.9 Å². The molecule has 8 nitrogen and oxygen atoms in total. The third-order valence-electron chi connectivity index (χ3n) is 6.37. The summed E-state index contributed by atoms with van der Waals surface area (Å²) in [5.41, 5.74) is -1.12. The normalized spacial score (nSPS) is 24.5. The number of fused-ring (bicyclic) bond motifs is 1. The van der Waals surface area contributed by atoms with E-state index in [0.717, 1.165) is 12.1 Å². The number of hydrogen-bond acceptors (Lipinski definition) is 7. The Morgan fingerprint density at radius 2 is 1.91 bits per heavy atom. The molecule has 3 heterocycles. The highest BCUT2D eigenvalue weighted by molar-refractivity contribution is 5.89. The van der Waals surface area contributed by atoms with Crippen molar-refractivity contribution in [2.24, 2.45) is 0 Å². The Bertz CT molecular complexity index is 1190. The van der Waals surface area contributed by atoms with Crippen molar-refractivity contribution in [3.05, 3.63) is 36.0 Å². The Hall–Kier alpha value is -2.92. The minimum atomic E-state index is -4.46. The van der Waals surface area contributed by atoms with E-state index in [9.17, 15) is 18.3 Å². The number of anilines is 2. The molecule has 3 aromatic rings. The highest BCUT2D eigenvalue weighted by Crippen LogP contribution is 2.37. The standard InChI is InChI=1S/C22H25F3N6O2/c1-20(32)8-14(9-20)27-19-28-17(30-11-21(2,12-30)33-3)16-10-26-31(18(16)29-19)15-6-4-5-13(7-15)22(23,24)25/h4-7,10,14,32H,8-9,11-12H2,1-3H3,(H,27,28,29). The van der Waals surface area contributed by atoms with E-state index in [1.54, 1.807) is 26.3 Å². The molecule has 1 saturated heterocycles. The number of ether oxygens (including phenoxy) is 1. The highest BCUT2D eigenvalue weighted by atomic mass is 19.4. The zero-order valence-corrected chi connectivity index (χ0v) is 18.5. The molecule has 0 bridgehead atoms. The quantitative estimate of drug-likeness (QED) is 0.601. The van der Waals surface area contributed by atoms with Gasteiger partial charge in [-0.1, -0.05) is 6.07 Å². The van der Waals surface area contributed by atoms with Gasteiger partial charge in [0.25, 0.3) is 0 Å². The van der Waals surface area contributed by atoms with E-state index in [1.807, 2.05) is 11.8 Å². The average Bonchev–Trinajstić information content (AvgIpc) is 3.13. The van der Waals surface area contributed by atoms with Crippen molar-refractivity contribution in [3.63, 3.8) is 0 Å². The average molecular weight is 462 g/mol. The second kappa shape index (κ2) is 7.29. The van der Waals surface area contributed by atoms with Crippen LogP contribution in [0.15, 0.2) is 30.5 Å². The van der Waals surface area contributed by atoms with Crippen molar-refractivity contribution >= 4 is 22.8 Å². The van der Waals surface area contributed by atoms with Gasteiger partial charge in [-0.2, -0.15) is 28.2 Å². The molecule has 2 aromatic heterocycles. The van der Waals surface area contributed by atoms with Gasteiger partial charge in [0, 0.05) is 26.2 Å². The van der Waals surface area contributed by atoms with Crippen LogP contribution in [0.3, 0.4) is 0 Å². The van der Waals surface area contributed by atoms with E-state index in [0.29, 0.717) is 48.7 Å². The van der Waals surface area contributed by atoms with Gasteiger partial charge in [0.2, 0.25) is 5.95 Å². The lowest BCUT2D eigenvalue weighted by molar-refractivity contribution is -0.137. The molecule has 0 spiro atoms. The Balaban J connectivity index is 1.56. The summed E-state index contributed by atoms with van der Waals surface area (Å²) in [6.07, 6.45) is -1.77. The Morgan fingerprint density at radius 1 is 1.18 bits per heavy atom. The minimum Gasteiger partial charge on any atom is -0.390 e. The number of methoxy groups -OCH3 is 1. The summed E-state index contributed by atoms with van der Waals surface area (Å²) in [5, 5.41) is 18.3. The lowest BCUT2D eigenvalue weighted by atomic mass is 9.77. The van der Waals surface area contributed by atoms with Gasteiger partial charge < -0.3 is 20.1 Å². The Kier molecular flexibility index (Phi) is 4.84. The molecular weight excluding hydrogens is 437 g/mol. The second-order valence-electron chi connectivity index (χ2n) is 9.47. The Morgan fingerprint density at radius 3 is 2.55 bits per heavy atom. The zero-order chi connectivity index (χ0) is 23.6. The van der Waals surface area contributed by atoms with Gasteiger partial charge in [0.15, 0.2) is 5.65 Å². The highest BCUT2D eigenvalue weighted by Gasteiger charge is 2.42. The molecule has 1 aliphatic heterocycles. The van der Waals surface area contributed by atoms with Crippen LogP contribution in [0.4, 0.5) is 24.9 Å². The van der Waals surface area contributed by atoms with Crippen LogP contribution in [0.5, 0.6) is 0 Å². The summed E-state index contributed by atoms with van der Waals surface area (Å²) >= 11 is 0. The smallest absolute Gasteiger partial charge is 0.390 e. The van der Waals surface area contributed by atoms with Gasteiger partial charge in [-0.15, -0.1) is 0 Å². The van der Waals surface area contributed by atoms with Crippen molar-refractivity contribution in [2.45, 2.75) is 50.1 Å². The first-order valence-corrected chi connectivity index (χ1v) is 10.7. The van der Waals surface area contributed by atoms with E-state index in [4.69, 9.17) is 4.74 Å². The first-order chi connectivity index (χ1) is 15.5. The van der Waals surface area contributed by atoms with Gasteiger partial charge in [0.05, 0.1) is 34.0 Å². The number of halogens is 3. The molecule has 2 fully saturated rings. The number of aliphatic hydroxyl groups is 1. The molecule has 176 valence electrons. The molecule has 11 heteroatoms. The van der Waals surface area contributed by atoms with E-state index >= 15 is 0 Å². The lowest BCUT2D eigenvalue weighted by Crippen LogP contribution is -2.61. The van der Waals surface area contributed by atoms with Crippen LogP contribution in [-0.4, -0.2) is 62.3 Å². The third-order valence-corrected chi connectivity index (χ3v) is 6.37. The molecule has 1 aliphatic carbocycles. The van der Waals surface area contributed by atoms with E-state index < -0.39 is 17.3 Å². The van der Waals surface area contributed by atoms with Crippen molar-refractivity contribution in [2.75, 3.05) is 30.4 Å². The zero-order valence-electron chi connectivity index (χ0n) is 18.5. The van der Waals surface area contributed by atoms with Crippen molar-refractivity contribution in [1.29, 1.82) is 0 Å². The molecular formula is C22H25F3N6O2. The fourth-order valence-electron chi connectivity index (χ4n) is 4.53. The van der Waals surface area contributed by atoms with Gasteiger partial charge in [-0.3, -0.25) is 0 Å². The largest absolute Gasteiger partial charge is 0.416 e. The molecule has 0 radical (unpaired) electrons. The number of nitrogens with one attached hydrogen (secondary N) is 1. The monoisotopic (exact) mass is 462 g/mol. The number of alkyl halides is 3. The van der Waals surface area contributed by atoms with Crippen LogP contribution < -0.4 is 10.2 Å². The van der Waals surface area contributed by atoms with Crippen LogP contribution >= 0.6 is 0 Å². The van der Waals surface area contributed by atoms with Crippen LogP contribution in [0, 0.1) is 0 Å². The number of aromatic nitrogens is 4. The van der Waals surface area contributed by atoms with Gasteiger partial charge in [-0.05, 0) is 44.9 Å². The van der Waals surface area contributed by atoms with Crippen molar-refractivity contribution in [1.82, 2.24) is 19.7 Å². The van der Waals surface area contributed by atoms with Gasteiger partial charge >= 0.3 is 6.18 Å². The van der Waals surface area contributed by atoms with Crippen molar-refractivity contribution in [3.8, 4) is 5.69 Å². The maximum absolute atomic E-state index is 13.3. The molecule has 1 aromatic carbocycles. The molecule has 0 atom stereocenters. The fraction of sp³-hybridized carbons (Fsp3) is 0.500. The van der Waals surface area contributed by atoms with Crippen molar-refractivity contribution < 1.29 is 23.0 Å². The summed E-state index contributed by atoms with van der Waals surface area (Å²) in [7, 11) is 1.66. The predicted molar refractivity (Wildman–Crippen MR) is 117 cm³/mol. The van der Waals surface area contributed by atoms with E-state index in [-0.39, 0.29) is 17.3 Å². The molecule has 5 rings (SSSR count). The fourth-order valence-corrected chi connectivity index (χ4v) is 4.53. The van der Waals surface area contributed by atoms with E-state index in [2.05, 4.69) is 20.4 Å². The predicted octanol–water partition coefficient (Wildman–Crippen LogP) is 3.38. The first-order valence-electron chi connectivity index (χ1n) is 10.7. The first kappa shape index (κ1) is 21.9. The van der Waals surface area contributed by atoms with Gasteiger partial charge in [-0.25, -0.2) is 4.68 Å². The molecule has 2 aliphatic rings. The molecule has 33 heavy (non-hydrogen) atoms. The number of hydrogen-bond donors (Lipinski definition) is 2. The SMILES string of the molecule is COC1(C)CN(c2nc(NC3CC(C)(O)C3)nc3c2cnn3-c2cccc(C(F)(F)F)c2)C1. The summed E-state index contributed by atoms with van der Waals surface area (Å²) in [6.45, 7) is 5.00. The molecule has 1 saturated carbocycles. The third kappa shape index (κ3) is 3.99. The molecule has 2 N–H and O–H groups in total. The molecule has 0 amide bonds. The molecule has 0 unspecified atom stereocenters. The van der Waals surface area contributed by atoms with E-state index in [1.165, 1.54) is 10.7 Å². The van der Waals surface area contributed by atoms with Crippen LogP contribution in [0.2, 0.25) is 0 Å². The lowest BCUT2D eigenvalue weighted by Gasteiger charge is -2.47. The number of benzene rings is 1. The summed E-state index contributed by atoms with van der Waals surface area (Å²) in [6, 6.07) is 5.00.